The van der Waals surface area contributed by atoms with Crippen molar-refractivity contribution in [2.45, 2.75) is 13.3 Å². The van der Waals surface area contributed by atoms with Gasteiger partial charge in [-0.15, -0.1) is 0 Å². The Balaban J connectivity index is 2.89. The molecule has 1 aromatic carbocycles. The summed E-state index contributed by atoms with van der Waals surface area (Å²) in [6, 6.07) is 9.38. The van der Waals surface area contributed by atoms with Crippen molar-refractivity contribution in [1.29, 1.82) is 10.7 Å². The number of rotatable bonds is 4. The van der Waals surface area contributed by atoms with E-state index in [-0.39, 0.29) is 11.5 Å². The average Bonchev–Trinajstić information content (AvgIpc) is 2.30. The standard InChI is InChI=1S/C11H13N5/c1-2-8-5-3-4-6-9(8)15-16-10(7-12)11(13)14/h3-6,15H,2H2,1H3,(H3,13,14)/b16-10+. The SMILES string of the molecule is CCc1ccccc1N/N=C(\C#N)C(=N)N. The summed E-state index contributed by atoms with van der Waals surface area (Å²) in [4.78, 5) is 0. The van der Waals surface area contributed by atoms with Gasteiger partial charge in [-0.25, -0.2) is 0 Å². The van der Waals surface area contributed by atoms with E-state index >= 15 is 0 Å². The Morgan fingerprint density at radius 1 is 1.56 bits per heavy atom. The Bertz CT molecular complexity index is 456. The van der Waals surface area contributed by atoms with Gasteiger partial charge >= 0.3 is 0 Å². The van der Waals surface area contributed by atoms with Gasteiger partial charge in [-0.3, -0.25) is 10.8 Å². The third-order valence-corrected chi connectivity index (χ3v) is 2.05. The molecule has 5 nitrogen and oxygen atoms in total. The molecule has 0 unspecified atom stereocenters. The first-order valence-electron chi connectivity index (χ1n) is 4.85. The van der Waals surface area contributed by atoms with Crippen LogP contribution in [0.25, 0.3) is 0 Å². The lowest BCUT2D eigenvalue weighted by atomic mass is 10.1. The Kier molecular flexibility index (Phi) is 4.04. The Morgan fingerprint density at radius 3 is 2.81 bits per heavy atom. The highest BCUT2D eigenvalue weighted by atomic mass is 15.3. The van der Waals surface area contributed by atoms with Crippen LogP contribution in [0.3, 0.4) is 0 Å². The molecule has 0 fully saturated rings. The molecule has 0 spiro atoms. The molecule has 0 aliphatic heterocycles. The molecule has 0 amide bonds. The molecule has 0 aliphatic carbocycles. The highest BCUT2D eigenvalue weighted by Crippen LogP contribution is 2.15. The summed E-state index contributed by atoms with van der Waals surface area (Å²) < 4.78 is 0. The topological polar surface area (TPSA) is 98.0 Å². The molecule has 0 radical (unpaired) electrons. The molecule has 4 N–H and O–H groups in total. The van der Waals surface area contributed by atoms with Crippen molar-refractivity contribution in [3.63, 3.8) is 0 Å². The zero-order valence-electron chi connectivity index (χ0n) is 8.99. The first kappa shape index (κ1) is 11.7. The predicted molar refractivity (Wildman–Crippen MR) is 64.4 cm³/mol. The number of para-hydroxylation sites is 1. The first-order chi connectivity index (χ1) is 7.69. The van der Waals surface area contributed by atoms with E-state index in [9.17, 15) is 0 Å². The maximum Gasteiger partial charge on any atom is 0.201 e. The summed E-state index contributed by atoms with van der Waals surface area (Å²) in [6.45, 7) is 2.03. The van der Waals surface area contributed by atoms with Crippen molar-refractivity contribution in [2.24, 2.45) is 10.8 Å². The number of hydrogen-bond donors (Lipinski definition) is 3. The van der Waals surface area contributed by atoms with Crippen molar-refractivity contribution in [3.05, 3.63) is 29.8 Å². The molecule has 1 aromatic rings. The summed E-state index contributed by atoms with van der Waals surface area (Å²) in [7, 11) is 0. The second-order valence-electron chi connectivity index (χ2n) is 3.11. The van der Waals surface area contributed by atoms with Crippen molar-refractivity contribution in [1.82, 2.24) is 0 Å². The van der Waals surface area contributed by atoms with Crippen LogP contribution in [-0.4, -0.2) is 11.5 Å². The van der Waals surface area contributed by atoms with Crippen LogP contribution in [0.1, 0.15) is 12.5 Å². The molecular weight excluding hydrogens is 202 g/mol. The van der Waals surface area contributed by atoms with E-state index in [1.54, 1.807) is 6.07 Å². The molecule has 0 aromatic heterocycles. The molecule has 0 atom stereocenters. The van der Waals surface area contributed by atoms with Crippen LogP contribution in [0.4, 0.5) is 5.69 Å². The zero-order chi connectivity index (χ0) is 12.0. The number of nitrogens with zero attached hydrogens (tertiary/aromatic N) is 2. The molecule has 0 saturated carbocycles. The Labute approximate surface area is 94.1 Å². The smallest absolute Gasteiger partial charge is 0.201 e. The number of hydrazone groups is 1. The lowest BCUT2D eigenvalue weighted by Crippen LogP contribution is -2.22. The lowest BCUT2D eigenvalue weighted by molar-refractivity contribution is 1.13. The fourth-order valence-corrected chi connectivity index (χ4v) is 1.20. The maximum absolute atomic E-state index is 8.66. The molecule has 0 aliphatic rings. The van der Waals surface area contributed by atoms with Crippen molar-refractivity contribution in [3.8, 4) is 6.07 Å². The molecule has 5 heteroatoms. The third kappa shape index (κ3) is 2.82. The van der Waals surface area contributed by atoms with Crippen LogP contribution in [0.15, 0.2) is 29.4 Å². The van der Waals surface area contributed by atoms with Crippen molar-refractivity contribution < 1.29 is 0 Å². The van der Waals surface area contributed by atoms with Gasteiger partial charge in [0.25, 0.3) is 0 Å². The van der Waals surface area contributed by atoms with E-state index in [1.165, 1.54) is 0 Å². The third-order valence-electron chi connectivity index (χ3n) is 2.05. The van der Waals surface area contributed by atoms with Gasteiger partial charge in [0.2, 0.25) is 5.71 Å². The monoisotopic (exact) mass is 215 g/mol. The van der Waals surface area contributed by atoms with Gasteiger partial charge in [0.15, 0.2) is 5.84 Å². The minimum absolute atomic E-state index is 0.120. The summed E-state index contributed by atoms with van der Waals surface area (Å²) in [5, 5.41) is 19.5. The van der Waals surface area contributed by atoms with Crippen LogP contribution < -0.4 is 11.2 Å². The number of benzene rings is 1. The van der Waals surface area contributed by atoms with E-state index in [0.717, 1.165) is 17.7 Å². The predicted octanol–water partition coefficient (Wildman–Crippen LogP) is 1.48. The second kappa shape index (κ2) is 5.51. The zero-order valence-corrected chi connectivity index (χ0v) is 8.99. The van der Waals surface area contributed by atoms with Gasteiger partial charge in [0.05, 0.1) is 5.69 Å². The number of nitriles is 1. The van der Waals surface area contributed by atoms with Crippen LogP contribution in [0.5, 0.6) is 0 Å². The summed E-state index contributed by atoms with van der Waals surface area (Å²) in [6.07, 6.45) is 0.862. The van der Waals surface area contributed by atoms with Gasteiger partial charge in [0, 0.05) is 0 Å². The van der Waals surface area contributed by atoms with E-state index in [4.69, 9.17) is 16.4 Å². The van der Waals surface area contributed by atoms with E-state index < -0.39 is 0 Å². The van der Waals surface area contributed by atoms with Gasteiger partial charge in [-0.1, -0.05) is 25.1 Å². The van der Waals surface area contributed by atoms with E-state index in [1.807, 2.05) is 31.2 Å². The van der Waals surface area contributed by atoms with Crippen molar-refractivity contribution >= 4 is 17.2 Å². The molecular formula is C11H13N5. The first-order valence-corrected chi connectivity index (χ1v) is 4.85. The number of amidine groups is 1. The molecule has 82 valence electrons. The Hall–Kier alpha value is -2.35. The summed E-state index contributed by atoms with van der Waals surface area (Å²) in [5.41, 5.74) is 9.70. The number of nitrogens with one attached hydrogen (secondary N) is 2. The fraction of sp³-hybridized carbons (Fsp3) is 0.182. The van der Waals surface area contributed by atoms with Gasteiger partial charge in [-0.05, 0) is 18.1 Å². The quantitative estimate of drug-likeness (QED) is 0.403. The van der Waals surface area contributed by atoms with E-state index in [2.05, 4.69) is 10.5 Å². The molecule has 0 bridgehead atoms. The minimum Gasteiger partial charge on any atom is -0.382 e. The van der Waals surface area contributed by atoms with Crippen LogP contribution in [0, 0.1) is 16.7 Å². The molecule has 0 heterocycles. The summed E-state index contributed by atoms with van der Waals surface area (Å²) in [5.74, 6) is -0.344. The minimum atomic E-state index is -0.344. The average molecular weight is 215 g/mol. The van der Waals surface area contributed by atoms with Crippen LogP contribution >= 0.6 is 0 Å². The molecule has 0 saturated heterocycles. The lowest BCUT2D eigenvalue weighted by Gasteiger charge is -2.06. The van der Waals surface area contributed by atoms with E-state index in [0.29, 0.717) is 0 Å². The second-order valence-corrected chi connectivity index (χ2v) is 3.11. The van der Waals surface area contributed by atoms with Gasteiger partial charge < -0.3 is 5.73 Å². The maximum atomic E-state index is 8.66. The Morgan fingerprint density at radius 2 is 2.25 bits per heavy atom. The molecule has 16 heavy (non-hydrogen) atoms. The highest BCUT2D eigenvalue weighted by molar-refractivity contribution is 6.45. The fourth-order valence-electron chi connectivity index (χ4n) is 1.20. The molecule has 1 rings (SSSR count). The van der Waals surface area contributed by atoms with Crippen molar-refractivity contribution in [2.75, 3.05) is 5.43 Å². The number of nitrogens with two attached hydrogens (primary N) is 1. The largest absolute Gasteiger partial charge is 0.382 e. The van der Waals surface area contributed by atoms with Gasteiger partial charge in [-0.2, -0.15) is 10.4 Å². The highest BCUT2D eigenvalue weighted by Gasteiger charge is 2.02. The van der Waals surface area contributed by atoms with Gasteiger partial charge in [0.1, 0.15) is 6.07 Å². The summed E-state index contributed by atoms with van der Waals surface area (Å²) >= 11 is 0. The number of anilines is 1. The van der Waals surface area contributed by atoms with Crippen LogP contribution in [0.2, 0.25) is 0 Å². The normalized spacial score (nSPS) is 10.6. The van der Waals surface area contributed by atoms with Crippen LogP contribution in [-0.2, 0) is 6.42 Å². The number of aryl methyl sites for hydroxylation is 1. The number of hydrogen-bond acceptors (Lipinski definition) is 4.